The van der Waals surface area contributed by atoms with Crippen LogP contribution in [0.15, 0.2) is 12.4 Å². The van der Waals surface area contributed by atoms with Crippen molar-refractivity contribution >= 4 is 5.91 Å². The Labute approximate surface area is 102 Å². The maximum absolute atomic E-state index is 12.0. The number of aromatic nitrogens is 2. The number of rotatable bonds is 3. The van der Waals surface area contributed by atoms with Gasteiger partial charge in [0.15, 0.2) is 0 Å². The van der Waals surface area contributed by atoms with E-state index in [1.54, 1.807) is 17.1 Å². The summed E-state index contributed by atoms with van der Waals surface area (Å²) >= 11 is 0. The molecule has 1 aromatic heterocycles. The lowest BCUT2D eigenvalue weighted by Crippen LogP contribution is -2.50. The van der Waals surface area contributed by atoms with Crippen LogP contribution in [0.5, 0.6) is 0 Å². The molecule has 1 amide bonds. The van der Waals surface area contributed by atoms with Gasteiger partial charge in [-0.25, -0.2) is 0 Å². The molecule has 0 spiro atoms. The fraction of sp³-hybridized carbons (Fsp3) is 0.667. The quantitative estimate of drug-likeness (QED) is 0.809. The van der Waals surface area contributed by atoms with E-state index in [2.05, 4.69) is 22.7 Å². The van der Waals surface area contributed by atoms with Crippen LogP contribution in [0.25, 0.3) is 0 Å². The van der Waals surface area contributed by atoms with Gasteiger partial charge in [0.05, 0.1) is 11.8 Å². The van der Waals surface area contributed by atoms with Gasteiger partial charge in [-0.05, 0) is 25.8 Å². The van der Waals surface area contributed by atoms with Gasteiger partial charge in [0.1, 0.15) is 0 Å². The van der Waals surface area contributed by atoms with Gasteiger partial charge in [-0.15, -0.1) is 0 Å². The molecule has 0 aromatic carbocycles. The van der Waals surface area contributed by atoms with Crippen molar-refractivity contribution in [3.63, 3.8) is 0 Å². The minimum Gasteiger partial charge on any atom is -0.348 e. The Morgan fingerprint density at radius 2 is 2.53 bits per heavy atom. The molecule has 0 bridgehead atoms. The summed E-state index contributed by atoms with van der Waals surface area (Å²) in [6.45, 7) is 6.87. The largest absolute Gasteiger partial charge is 0.348 e. The zero-order chi connectivity index (χ0) is 12.3. The first-order valence-electron chi connectivity index (χ1n) is 6.24. The Hall–Kier alpha value is -1.36. The molecule has 94 valence electrons. The molecule has 1 fully saturated rings. The number of piperidine rings is 1. The molecule has 0 radical (unpaired) electrons. The molecule has 17 heavy (non-hydrogen) atoms. The summed E-state index contributed by atoms with van der Waals surface area (Å²) in [5.41, 5.74) is 0.643. The summed E-state index contributed by atoms with van der Waals surface area (Å²) in [4.78, 5) is 12.0. The van der Waals surface area contributed by atoms with E-state index < -0.39 is 0 Å². The number of nitrogens with zero attached hydrogens (tertiary/aromatic N) is 2. The third-order valence-electron chi connectivity index (χ3n) is 3.36. The molecule has 1 saturated heterocycles. The van der Waals surface area contributed by atoms with Gasteiger partial charge in [-0.1, -0.05) is 6.92 Å². The lowest BCUT2D eigenvalue weighted by Gasteiger charge is -2.30. The van der Waals surface area contributed by atoms with Crippen LogP contribution in [0.2, 0.25) is 0 Å². The Morgan fingerprint density at radius 1 is 1.71 bits per heavy atom. The molecular formula is C12H20N4O. The molecule has 2 heterocycles. The number of carbonyl (C=O) groups excluding carboxylic acids is 1. The predicted octanol–water partition coefficient (Wildman–Crippen LogP) is 0.631. The van der Waals surface area contributed by atoms with Gasteiger partial charge in [0.2, 0.25) is 0 Å². The maximum atomic E-state index is 12.0. The molecule has 0 saturated carbocycles. The van der Waals surface area contributed by atoms with E-state index in [1.807, 2.05) is 6.92 Å². The van der Waals surface area contributed by atoms with Gasteiger partial charge in [0.25, 0.3) is 5.91 Å². The first kappa shape index (κ1) is 12.1. The van der Waals surface area contributed by atoms with Crippen LogP contribution in [-0.2, 0) is 6.54 Å². The second-order valence-electron chi connectivity index (χ2n) is 4.63. The predicted molar refractivity (Wildman–Crippen MR) is 65.8 cm³/mol. The Bertz CT molecular complexity index is 388. The summed E-state index contributed by atoms with van der Waals surface area (Å²) in [7, 11) is 0. The Morgan fingerprint density at radius 3 is 3.18 bits per heavy atom. The van der Waals surface area contributed by atoms with Crippen molar-refractivity contribution in [2.24, 2.45) is 5.92 Å². The molecule has 1 aliphatic heterocycles. The summed E-state index contributed by atoms with van der Waals surface area (Å²) in [5, 5.41) is 10.5. The van der Waals surface area contributed by atoms with Crippen LogP contribution >= 0.6 is 0 Å². The summed E-state index contributed by atoms with van der Waals surface area (Å²) < 4.78 is 1.76. The van der Waals surface area contributed by atoms with E-state index >= 15 is 0 Å². The van der Waals surface area contributed by atoms with E-state index in [-0.39, 0.29) is 11.9 Å². The number of hydrogen-bond donors (Lipinski definition) is 2. The van der Waals surface area contributed by atoms with Gasteiger partial charge >= 0.3 is 0 Å². The molecule has 2 atom stereocenters. The minimum atomic E-state index is -0.0229. The van der Waals surface area contributed by atoms with Crippen molar-refractivity contribution in [1.29, 1.82) is 0 Å². The molecule has 1 aliphatic rings. The average Bonchev–Trinajstić information content (AvgIpc) is 2.81. The highest BCUT2D eigenvalue weighted by Crippen LogP contribution is 2.11. The molecule has 5 nitrogen and oxygen atoms in total. The standard InChI is InChI=1S/C12H20N4O/c1-3-16-8-10(6-14-16)12(17)15-11-7-13-5-4-9(11)2/h6,8-9,11,13H,3-5,7H2,1-2H3,(H,15,17). The fourth-order valence-corrected chi connectivity index (χ4v) is 2.09. The van der Waals surface area contributed by atoms with Crippen LogP contribution in [0.4, 0.5) is 0 Å². The molecule has 2 N–H and O–H groups in total. The molecule has 2 unspecified atom stereocenters. The van der Waals surface area contributed by atoms with Crippen molar-refractivity contribution in [3.8, 4) is 0 Å². The van der Waals surface area contributed by atoms with Crippen molar-refractivity contribution in [2.45, 2.75) is 32.9 Å². The molecule has 0 aliphatic carbocycles. The highest BCUT2D eigenvalue weighted by Gasteiger charge is 2.23. The number of carbonyl (C=O) groups is 1. The monoisotopic (exact) mass is 236 g/mol. The minimum absolute atomic E-state index is 0.0229. The molecule has 1 aromatic rings. The van der Waals surface area contributed by atoms with E-state index in [4.69, 9.17) is 0 Å². The van der Waals surface area contributed by atoms with Gasteiger partial charge in [0, 0.05) is 25.3 Å². The third-order valence-corrected chi connectivity index (χ3v) is 3.36. The topological polar surface area (TPSA) is 59.0 Å². The van der Waals surface area contributed by atoms with E-state index in [0.29, 0.717) is 11.5 Å². The van der Waals surface area contributed by atoms with Crippen LogP contribution in [0.3, 0.4) is 0 Å². The molecule has 5 heteroatoms. The van der Waals surface area contributed by atoms with Crippen molar-refractivity contribution in [3.05, 3.63) is 18.0 Å². The maximum Gasteiger partial charge on any atom is 0.254 e. The zero-order valence-electron chi connectivity index (χ0n) is 10.4. The van der Waals surface area contributed by atoms with Crippen LogP contribution in [0.1, 0.15) is 30.6 Å². The fourth-order valence-electron chi connectivity index (χ4n) is 2.09. The van der Waals surface area contributed by atoms with Crippen molar-refractivity contribution in [1.82, 2.24) is 20.4 Å². The summed E-state index contributed by atoms with van der Waals surface area (Å²) in [6.07, 6.45) is 4.52. The number of hydrogen-bond acceptors (Lipinski definition) is 3. The second kappa shape index (κ2) is 5.31. The average molecular weight is 236 g/mol. The first-order chi connectivity index (χ1) is 8.20. The van der Waals surface area contributed by atoms with Crippen LogP contribution in [0, 0.1) is 5.92 Å². The first-order valence-corrected chi connectivity index (χ1v) is 6.24. The van der Waals surface area contributed by atoms with Crippen LogP contribution < -0.4 is 10.6 Å². The Balaban J connectivity index is 1.96. The number of aryl methyl sites for hydroxylation is 1. The lowest BCUT2D eigenvalue weighted by atomic mass is 9.94. The van der Waals surface area contributed by atoms with E-state index in [1.165, 1.54) is 0 Å². The van der Waals surface area contributed by atoms with Gasteiger partial charge in [-0.2, -0.15) is 5.10 Å². The van der Waals surface area contributed by atoms with Gasteiger partial charge in [-0.3, -0.25) is 9.48 Å². The smallest absolute Gasteiger partial charge is 0.254 e. The van der Waals surface area contributed by atoms with Crippen molar-refractivity contribution in [2.75, 3.05) is 13.1 Å². The lowest BCUT2D eigenvalue weighted by molar-refractivity contribution is 0.0915. The van der Waals surface area contributed by atoms with Crippen LogP contribution in [-0.4, -0.2) is 34.8 Å². The molecule has 2 rings (SSSR count). The summed E-state index contributed by atoms with van der Waals surface area (Å²) in [5.74, 6) is 0.506. The SMILES string of the molecule is CCn1cc(C(=O)NC2CNCCC2C)cn1. The molecular weight excluding hydrogens is 216 g/mol. The third kappa shape index (κ3) is 2.85. The highest BCUT2D eigenvalue weighted by atomic mass is 16.1. The summed E-state index contributed by atoms with van der Waals surface area (Å²) in [6, 6.07) is 0.223. The normalized spacial score (nSPS) is 24.6. The highest BCUT2D eigenvalue weighted by molar-refractivity contribution is 5.93. The Kier molecular flexibility index (Phi) is 3.78. The van der Waals surface area contributed by atoms with Crippen molar-refractivity contribution < 1.29 is 4.79 Å². The van der Waals surface area contributed by atoms with E-state index in [0.717, 1.165) is 26.1 Å². The van der Waals surface area contributed by atoms with Gasteiger partial charge < -0.3 is 10.6 Å². The number of nitrogens with one attached hydrogen (secondary N) is 2. The second-order valence-corrected chi connectivity index (χ2v) is 4.63. The zero-order valence-corrected chi connectivity index (χ0v) is 10.4. The van der Waals surface area contributed by atoms with E-state index in [9.17, 15) is 4.79 Å². The number of amides is 1.